The van der Waals surface area contributed by atoms with E-state index >= 15 is 0 Å². The third-order valence-corrected chi connectivity index (χ3v) is 4.52. The van der Waals surface area contributed by atoms with Crippen molar-refractivity contribution >= 4 is 15.7 Å². The van der Waals surface area contributed by atoms with Crippen LogP contribution in [0.5, 0.6) is 0 Å². The Morgan fingerprint density at radius 3 is 2.38 bits per heavy atom. The van der Waals surface area contributed by atoms with E-state index in [4.69, 9.17) is 5.73 Å². The molecule has 0 heterocycles. The molecule has 1 unspecified atom stereocenters. The summed E-state index contributed by atoms with van der Waals surface area (Å²) in [5.41, 5.74) is 5.31. The van der Waals surface area contributed by atoms with Crippen molar-refractivity contribution < 1.29 is 17.2 Å². The molecule has 0 saturated carbocycles. The van der Waals surface area contributed by atoms with E-state index in [2.05, 4.69) is 4.72 Å². The molecule has 2 aromatic rings. The minimum atomic E-state index is -3.93. The lowest BCUT2D eigenvalue weighted by atomic mass is 10.1. The summed E-state index contributed by atoms with van der Waals surface area (Å²) < 4.78 is 53.4. The molecule has 0 radical (unpaired) electrons. The van der Waals surface area contributed by atoms with E-state index in [0.29, 0.717) is 0 Å². The molecule has 0 aromatic heterocycles. The highest BCUT2D eigenvalue weighted by atomic mass is 32.2. The summed E-state index contributed by atoms with van der Waals surface area (Å²) >= 11 is 0. The van der Waals surface area contributed by atoms with Gasteiger partial charge in [-0.2, -0.15) is 0 Å². The fraction of sp³-hybridized carbons (Fsp3) is 0.143. The van der Waals surface area contributed by atoms with Crippen LogP contribution in [-0.2, 0) is 10.0 Å². The Kier molecular flexibility index (Phi) is 4.24. The van der Waals surface area contributed by atoms with Gasteiger partial charge in [0, 0.05) is 11.6 Å². The summed E-state index contributed by atoms with van der Waals surface area (Å²) in [5.74, 6) is -1.21. The number of nitrogens with one attached hydrogen (secondary N) is 1. The van der Waals surface area contributed by atoms with Crippen LogP contribution in [0.2, 0.25) is 0 Å². The average Bonchev–Trinajstić information content (AvgIpc) is 2.41. The molecule has 7 heteroatoms. The van der Waals surface area contributed by atoms with E-state index in [0.717, 1.165) is 18.2 Å². The van der Waals surface area contributed by atoms with Crippen molar-refractivity contribution in [2.24, 2.45) is 0 Å². The highest BCUT2D eigenvalue weighted by Gasteiger charge is 2.20. The van der Waals surface area contributed by atoms with Gasteiger partial charge in [-0.1, -0.05) is 18.2 Å². The second-order valence-electron chi connectivity index (χ2n) is 4.55. The van der Waals surface area contributed by atoms with Gasteiger partial charge >= 0.3 is 0 Å². The number of anilines is 1. The van der Waals surface area contributed by atoms with Gasteiger partial charge in [-0.15, -0.1) is 0 Å². The molecular formula is C14H14F2N2O2S. The van der Waals surface area contributed by atoms with Crippen molar-refractivity contribution in [3.8, 4) is 0 Å². The number of hydrogen-bond acceptors (Lipinski definition) is 3. The number of benzene rings is 2. The lowest BCUT2D eigenvalue weighted by Gasteiger charge is -2.15. The minimum absolute atomic E-state index is 0.176. The fourth-order valence-corrected chi connectivity index (χ4v) is 3.14. The van der Waals surface area contributed by atoms with Gasteiger partial charge in [0.15, 0.2) is 0 Å². The highest BCUT2D eigenvalue weighted by Crippen LogP contribution is 2.21. The number of hydrogen-bond donors (Lipinski definition) is 2. The van der Waals surface area contributed by atoms with Crippen LogP contribution in [0.3, 0.4) is 0 Å². The highest BCUT2D eigenvalue weighted by molar-refractivity contribution is 7.89. The van der Waals surface area contributed by atoms with Gasteiger partial charge in [0.25, 0.3) is 0 Å². The average molecular weight is 312 g/mol. The molecule has 0 bridgehead atoms. The predicted molar refractivity (Wildman–Crippen MR) is 75.9 cm³/mol. The number of nitrogens with two attached hydrogens (primary N) is 1. The predicted octanol–water partition coefficient (Wildman–Crippen LogP) is 2.59. The summed E-state index contributed by atoms with van der Waals surface area (Å²) in [6, 6.07) is 8.17. The first-order valence-electron chi connectivity index (χ1n) is 6.13. The second kappa shape index (κ2) is 5.79. The van der Waals surface area contributed by atoms with Gasteiger partial charge in [0.05, 0.1) is 10.6 Å². The molecule has 112 valence electrons. The van der Waals surface area contributed by atoms with Crippen molar-refractivity contribution in [1.82, 2.24) is 4.72 Å². The first-order valence-corrected chi connectivity index (χ1v) is 7.61. The summed E-state index contributed by atoms with van der Waals surface area (Å²) in [5, 5.41) is 0. The van der Waals surface area contributed by atoms with Crippen LogP contribution in [0.25, 0.3) is 0 Å². The van der Waals surface area contributed by atoms with E-state index in [1.54, 1.807) is 6.07 Å². The molecule has 0 aliphatic rings. The Labute approximate surface area is 121 Å². The van der Waals surface area contributed by atoms with Crippen LogP contribution in [0.4, 0.5) is 14.5 Å². The van der Waals surface area contributed by atoms with Crippen molar-refractivity contribution in [3.63, 3.8) is 0 Å². The Balaban J connectivity index is 2.29. The van der Waals surface area contributed by atoms with E-state index < -0.39 is 27.7 Å². The molecular weight excluding hydrogens is 298 g/mol. The van der Waals surface area contributed by atoms with Crippen molar-refractivity contribution in [3.05, 3.63) is 59.7 Å². The molecule has 2 rings (SSSR count). The van der Waals surface area contributed by atoms with Gasteiger partial charge in [-0.3, -0.25) is 0 Å². The standard InChI is InChI=1S/C14H14F2N2O2S/c1-9(11-4-2-3-5-12(11)15)18-21(19,20)10-6-7-13(16)14(17)8-10/h2-9,18H,17H2,1H3. The number of sulfonamides is 1. The van der Waals surface area contributed by atoms with Crippen molar-refractivity contribution in [2.45, 2.75) is 17.9 Å². The fourth-order valence-electron chi connectivity index (χ4n) is 1.88. The number of rotatable bonds is 4. The van der Waals surface area contributed by atoms with Gasteiger partial charge in [-0.05, 0) is 31.2 Å². The second-order valence-corrected chi connectivity index (χ2v) is 6.26. The molecule has 4 nitrogen and oxygen atoms in total. The molecule has 2 aromatic carbocycles. The van der Waals surface area contributed by atoms with E-state index in [9.17, 15) is 17.2 Å². The Morgan fingerprint density at radius 2 is 1.76 bits per heavy atom. The summed E-state index contributed by atoms with van der Waals surface area (Å²) in [6.45, 7) is 1.52. The quantitative estimate of drug-likeness (QED) is 0.852. The Hall–Kier alpha value is -1.99. The van der Waals surface area contributed by atoms with Crippen LogP contribution >= 0.6 is 0 Å². The Bertz CT molecular complexity index is 763. The van der Waals surface area contributed by atoms with Crippen LogP contribution in [-0.4, -0.2) is 8.42 Å². The lowest BCUT2D eigenvalue weighted by Crippen LogP contribution is -2.27. The maximum absolute atomic E-state index is 13.6. The van der Waals surface area contributed by atoms with Crippen LogP contribution in [0.15, 0.2) is 47.4 Å². The van der Waals surface area contributed by atoms with E-state index in [1.165, 1.54) is 25.1 Å². The molecule has 0 amide bonds. The maximum atomic E-state index is 13.6. The summed E-state index contributed by atoms with van der Waals surface area (Å²) in [7, 11) is -3.93. The largest absolute Gasteiger partial charge is 0.396 e. The zero-order chi connectivity index (χ0) is 15.6. The molecule has 0 aliphatic heterocycles. The van der Waals surface area contributed by atoms with Crippen LogP contribution in [0.1, 0.15) is 18.5 Å². The molecule has 0 saturated heterocycles. The van der Waals surface area contributed by atoms with Crippen molar-refractivity contribution in [2.75, 3.05) is 5.73 Å². The zero-order valence-corrected chi connectivity index (χ0v) is 12.0. The molecule has 0 spiro atoms. The van der Waals surface area contributed by atoms with Gasteiger partial charge in [0.2, 0.25) is 10.0 Å². The summed E-state index contributed by atoms with van der Waals surface area (Å²) in [4.78, 5) is -0.176. The normalized spacial score (nSPS) is 13.1. The third kappa shape index (κ3) is 3.37. The van der Waals surface area contributed by atoms with Crippen LogP contribution in [0, 0.1) is 11.6 Å². The van der Waals surface area contributed by atoms with E-state index in [1.807, 2.05) is 0 Å². The maximum Gasteiger partial charge on any atom is 0.241 e. The third-order valence-electron chi connectivity index (χ3n) is 2.98. The Morgan fingerprint density at radius 1 is 1.10 bits per heavy atom. The molecule has 3 N–H and O–H groups in total. The number of nitrogen functional groups attached to an aromatic ring is 1. The van der Waals surface area contributed by atoms with Crippen LogP contribution < -0.4 is 10.5 Å². The van der Waals surface area contributed by atoms with Crippen molar-refractivity contribution in [1.29, 1.82) is 0 Å². The zero-order valence-electron chi connectivity index (χ0n) is 11.2. The molecule has 21 heavy (non-hydrogen) atoms. The lowest BCUT2D eigenvalue weighted by molar-refractivity contribution is 0.550. The topological polar surface area (TPSA) is 72.2 Å². The smallest absolute Gasteiger partial charge is 0.241 e. The molecule has 1 atom stereocenters. The first kappa shape index (κ1) is 15.4. The molecule has 0 fully saturated rings. The van der Waals surface area contributed by atoms with Gasteiger partial charge < -0.3 is 5.73 Å². The molecule has 0 aliphatic carbocycles. The number of halogens is 2. The first-order chi connectivity index (χ1) is 9.81. The van der Waals surface area contributed by atoms with E-state index in [-0.39, 0.29) is 16.1 Å². The summed E-state index contributed by atoms with van der Waals surface area (Å²) in [6.07, 6.45) is 0. The SMILES string of the molecule is CC(NS(=O)(=O)c1ccc(F)c(N)c1)c1ccccc1F. The monoisotopic (exact) mass is 312 g/mol. The van der Waals surface area contributed by atoms with Gasteiger partial charge in [0.1, 0.15) is 11.6 Å². The minimum Gasteiger partial charge on any atom is -0.396 e. The van der Waals surface area contributed by atoms with Gasteiger partial charge in [-0.25, -0.2) is 21.9 Å².